The molecule has 2 saturated carbocycles. The first-order valence-corrected chi connectivity index (χ1v) is 16.4. The number of sulfonamides is 1. The van der Waals surface area contributed by atoms with E-state index in [-0.39, 0.29) is 16.8 Å². The Morgan fingerprint density at radius 2 is 1.64 bits per heavy atom. The van der Waals surface area contributed by atoms with E-state index >= 15 is 0 Å². The number of nitrogens with one attached hydrogen (secondary N) is 3. The second-order valence-corrected chi connectivity index (χ2v) is 13.6. The summed E-state index contributed by atoms with van der Waals surface area (Å²) >= 11 is 0. The molecule has 4 aromatic carbocycles. The van der Waals surface area contributed by atoms with Crippen LogP contribution in [0.1, 0.15) is 52.7 Å². The average molecular weight is 610 g/mol. The number of carbonyl (C=O) groups excluding carboxylic acids is 1. The van der Waals surface area contributed by atoms with Crippen molar-refractivity contribution in [3.8, 4) is 11.5 Å². The first-order chi connectivity index (χ1) is 21.3. The third-order valence-electron chi connectivity index (χ3n) is 9.58. The van der Waals surface area contributed by atoms with Crippen molar-refractivity contribution in [1.82, 2.24) is 0 Å². The van der Waals surface area contributed by atoms with Crippen LogP contribution >= 0.6 is 0 Å². The van der Waals surface area contributed by atoms with Crippen LogP contribution in [0.25, 0.3) is 0 Å². The van der Waals surface area contributed by atoms with Crippen molar-refractivity contribution < 1.29 is 22.7 Å². The zero-order valence-electron chi connectivity index (χ0n) is 24.6. The smallest absolute Gasteiger partial charge is 0.262 e. The molecule has 2 fully saturated rings. The molecule has 0 spiro atoms. The number of benzene rings is 4. The minimum atomic E-state index is -3.90. The van der Waals surface area contributed by atoms with Crippen LogP contribution in [-0.4, -0.2) is 28.5 Å². The number of hydrogen-bond donors (Lipinski definition) is 3. The summed E-state index contributed by atoms with van der Waals surface area (Å²) in [5.41, 5.74) is 5.07. The molecular formula is C35H35N3O5S. The van der Waals surface area contributed by atoms with E-state index in [0.717, 1.165) is 5.69 Å². The SMILES string of the molecule is COc1ccc(NS(=O)(=O)c2ccc(NC(=O)c3ccc4c(c3)[C@@H]3[C@H]5CC[C@@H](C5)[C@H]3[C@@H](c3ccccc3)N4)cc2)c(OC)c1. The Kier molecular flexibility index (Phi) is 7.20. The summed E-state index contributed by atoms with van der Waals surface area (Å²) in [6.45, 7) is 0. The molecule has 9 heteroatoms. The van der Waals surface area contributed by atoms with Gasteiger partial charge in [0.2, 0.25) is 0 Å². The first kappa shape index (κ1) is 28.3. The number of amides is 1. The zero-order valence-corrected chi connectivity index (χ0v) is 25.4. The number of anilines is 3. The lowest BCUT2D eigenvalue weighted by Crippen LogP contribution is -2.35. The Morgan fingerprint density at radius 3 is 2.39 bits per heavy atom. The zero-order chi connectivity index (χ0) is 30.4. The number of fused-ring (bicyclic) bond motifs is 7. The molecule has 8 nitrogen and oxygen atoms in total. The minimum absolute atomic E-state index is 0.0588. The van der Waals surface area contributed by atoms with Crippen LogP contribution in [0, 0.1) is 17.8 Å². The van der Waals surface area contributed by atoms with Crippen LogP contribution in [-0.2, 0) is 10.0 Å². The molecule has 1 heterocycles. The van der Waals surface area contributed by atoms with Crippen LogP contribution in [0.3, 0.4) is 0 Å². The predicted octanol–water partition coefficient (Wildman–Crippen LogP) is 7.05. The third kappa shape index (κ3) is 5.05. The molecule has 3 aliphatic rings. The highest BCUT2D eigenvalue weighted by Crippen LogP contribution is 2.63. The van der Waals surface area contributed by atoms with Gasteiger partial charge in [0.05, 0.1) is 30.8 Å². The van der Waals surface area contributed by atoms with E-state index in [1.807, 2.05) is 12.1 Å². The summed E-state index contributed by atoms with van der Waals surface area (Å²) < 4.78 is 39.2. The van der Waals surface area contributed by atoms with Crippen LogP contribution in [0.4, 0.5) is 17.1 Å². The molecule has 2 aliphatic carbocycles. The number of carbonyl (C=O) groups is 1. The topological polar surface area (TPSA) is 106 Å². The summed E-state index contributed by atoms with van der Waals surface area (Å²) in [6.07, 6.45) is 3.78. The fourth-order valence-corrected chi connectivity index (χ4v) is 8.70. The van der Waals surface area contributed by atoms with Crippen molar-refractivity contribution in [2.24, 2.45) is 17.8 Å². The molecule has 1 amide bonds. The summed E-state index contributed by atoms with van der Waals surface area (Å²) in [7, 11) is -0.917. The maximum atomic E-state index is 13.4. The van der Waals surface area contributed by atoms with Gasteiger partial charge in [-0.25, -0.2) is 8.42 Å². The van der Waals surface area contributed by atoms with Gasteiger partial charge in [0.25, 0.3) is 15.9 Å². The van der Waals surface area contributed by atoms with Crippen molar-refractivity contribution in [3.63, 3.8) is 0 Å². The highest BCUT2D eigenvalue weighted by Gasteiger charge is 2.53. The molecule has 0 aromatic heterocycles. The maximum Gasteiger partial charge on any atom is 0.262 e. The fraction of sp³-hybridized carbons (Fsp3) is 0.286. The molecule has 0 saturated heterocycles. The number of ether oxygens (including phenoxy) is 2. The van der Waals surface area contributed by atoms with Crippen LogP contribution in [0.2, 0.25) is 0 Å². The number of rotatable bonds is 8. The number of hydrogen-bond acceptors (Lipinski definition) is 6. The van der Waals surface area contributed by atoms with Crippen molar-refractivity contribution >= 4 is 33.0 Å². The highest BCUT2D eigenvalue weighted by molar-refractivity contribution is 7.92. The summed E-state index contributed by atoms with van der Waals surface area (Å²) in [4.78, 5) is 13.5. The van der Waals surface area contributed by atoms with Gasteiger partial charge in [0, 0.05) is 23.0 Å². The largest absolute Gasteiger partial charge is 0.497 e. The van der Waals surface area contributed by atoms with Gasteiger partial charge in [0.15, 0.2) is 0 Å². The van der Waals surface area contributed by atoms with Gasteiger partial charge in [-0.3, -0.25) is 9.52 Å². The molecule has 0 radical (unpaired) electrons. The molecule has 0 unspecified atom stereocenters. The molecule has 3 N–H and O–H groups in total. The van der Waals surface area contributed by atoms with Crippen molar-refractivity contribution in [3.05, 3.63) is 108 Å². The quantitative estimate of drug-likeness (QED) is 0.198. The van der Waals surface area contributed by atoms with Gasteiger partial charge < -0.3 is 20.1 Å². The maximum absolute atomic E-state index is 13.4. The average Bonchev–Trinajstić information content (AvgIpc) is 3.68. The van der Waals surface area contributed by atoms with E-state index in [1.54, 1.807) is 30.3 Å². The lowest BCUT2D eigenvalue weighted by atomic mass is 9.68. The molecule has 5 atom stereocenters. The molecule has 1 aliphatic heterocycles. The Hall–Kier alpha value is -4.50. The van der Waals surface area contributed by atoms with Gasteiger partial charge in [-0.05, 0) is 109 Å². The number of methoxy groups -OCH3 is 2. The molecule has 44 heavy (non-hydrogen) atoms. The van der Waals surface area contributed by atoms with Crippen LogP contribution in [0.15, 0.2) is 95.9 Å². The van der Waals surface area contributed by atoms with Crippen molar-refractivity contribution in [2.75, 3.05) is 29.6 Å². The Balaban J connectivity index is 1.08. The van der Waals surface area contributed by atoms with E-state index < -0.39 is 10.0 Å². The second-order valence-electron chi connectivity index (χ2n) is 11.9. The molecule has 226 valence electrons. The normalized spacial score (nSPS) is 23.2. The lowest BCUT2D eigenvalue weighted by molar-refractivity contribution is 0.102. The van der Waals surface area contributed by atoms with Gasteiger partial charge >= 0.3 is 0 Å². The first-order valence-electron chi connectivity index (χ1n) is 15.0. The fourth-order valence-electron chi connectivity index (χ4n) is 7.62. The van der Waals surface area contributed by atoms with E-state index in [2.05, 4.69) is 51.8 Å². The molecule has 4 aromatic rings. The van der Waals surface area contributed by atoms with Crippen molar-refractivity contribution in [2.45, 2.75) is 36.1 Å². The van der Waals surface area contributed by atoms with E-state index in [9.17, 15) is 13.2 Å². The Morgan fingerprint density at radius 1 is 0.864 bits per heavy atom. The second kappa shape index (κ2) is 11.2. The molecule has 2 bridgehead atoms. The lowest BCUT2D eigenvalue weighted by Gasteiger charge is -2.43. The minimum Gasteiger partial charge on any atom is -0.497 e. The summed E-state index contributed by atoms with van der Waals surface area (Å²) in [6, 6.07) is 27.9. The summed E-state index contributed by atoms with van der Waals surface area (Å²) in [5, 5.41) is 6.77. The highest BCUT2D eigenvalue weighted by atomic mass is 32.2. The third-order valence-corrected chi connectivity index (χ3v) is 11.0. The van der Waals surface area contributed by atoms with Crippen LogP contribution < -0.4 is 24.8 Å². The van der Waals surface area contributed by atoms with E-state index in [0.29, 0.717) is 52.1 Å². The van der Waals surface area contributed by atoms with E-state index in [1.165, 1.54) is 56.7 Å². The van der Waals surface area contributed by atoms with Crippen molar-refractivity contribution in [1.29, 1.82) is 0 Å². The molecule has 7 rings (SSSR count). The van der Waals surface area contributed by atoms with Gasteiger partial charge in [-0.1, -0.05) is 30.3 Å². The van der Waals surface area contributed by atoms with Crippen LogP contribution in [0.5, 0.6) is 11.5 Å². The Bertz CT molecular complexity index is 1810. The predicted molar refractivity (Wildman–Crippen MR) is 171 cm³/mol. The van der Waals surface area contributed by atoms with Gasteiger partial charge in [-0.15, -0.1) is 0 Å². The monoisotopic (exact) mass is 609 g/mol. The molecular weight excluding hydrogens is 574 g/mol. The standard InChI is InChI=1S/C35H35N3O5S/c1-42-26-13-17-30(31(20-26)43-2)38-44(40,41)27-14-11-25(12-15-27)36-35(39)24-10-16-29-28(19-24)32-22-8-9-23(18-22)33(32)34(37-29)21-6-4-3-5-7-21/h3-7,10-17,19-20,22-23,32-34,37-38H,8-9,18H2,1-2H3,(H,36,39)/t22-,23-,32-,33+,34+/m0/s1. The van der Waals surface area contributed by atoms with E-state index in [4.69, 9.17) is 9.47 Å². The summed E-state index contributed by atoms with van der Waals surface area (Å²) in [5.74, 6) is 2.96. The van der Waals surface area contributed by atoms with Gasteiger partial charge in [0.1, 0.15) is 11.5 Å². The Labute approximate surface area is 257 Å². The van der Waals surface area contributed by atoms with Gasteiger partial charge in [-0.2, -0.15) is 0 Å².